The highest BCUT2D eigenvalue weighted by atomic mass is 35.5. The van der Waals surface area contributed by atoms with Gasteiger partial charge in [0.15, 0.2) is 0 Å². The summed E-state index contributed by atoms with van der Waals surface area (Å²) in [5.74, 6) is 0. The van der Waals surface area contributed by atoms with Crippen LogP contribution >= 0.6 is 34.5 Å². The molecule has 1 saturated heterocycles. The van der Waals surface area contributed by atoms with Crippen LogP contribution in [0.3, 0.4) is 0 Å². The Morgan fingerprint density at radius 2 is 1.26 bits per heavy atom. The Hall–Kier alpha value is -1.87. The number of nitrogens with one attached hydrogen (secondary N) is 2. The molecule has 0 atom stereocenters. The van der Waals surface area contributed by atoms with Crippen molar-refractivity contribution in [3.8, 4) is 0 Å². The Labute approximate surface area is 217 Å². The lowest BCUT2D eigenvalue weighted by Gasteiger charge is -2.17. The highest BCUT2D eigenvalue weighted by Crippen LogP contribution is 2.35. The number of sulfonamides is 3. The molecule has 1 aliphatic rings. The van der Waals surface area contributed by atoms with E-state index in [9.17, 15) is 25.3 Å². The first-order valence-electron chi connectivity index (χ1n) is 10.1. The Bertz CT molecular complexity index is 1550. The molecule has 9 nitrogen and oxygen atoms in total. The lowest BCUT2D eigenvalue weighted by Crippen LogP contribution is -2.27. The third kappa shape index (κ3) is 5.61. The number of rotatable bonds is 8. The third-order valence-electron chi connectivity index (χ3n) is 5.15. The Morgan fingerprint density at radius 1 is 0.743 bits per heavy atom. The fourth-order valence-electron chi connectivity index (χ4n) is 3.40. The summed E-state index contributed by atoms with van der Waals surface area (Å²) in [6, 6.07) is 10.1. The molecule has 4 rings (SSSR count). The van der Waals surface area contributed by atoms with Gasteiger partial charge < -0.3 is 0 Å². The van der Waals surface area contributed by atoms with E-state index in [1.807, 2.05) is 0 Å². The van der Waals surface area contributed by atoms with E-state index in [0.29, 0.717) is 13.1 Å². The van der Waals surface area contributed by atoms with E-state index >= 15 is 0 Å². The van der Waals surface area contributed by atoms with Gasteiger partial charge in [0.2, 0.25) is 10.0 Å². The van der Waals surface area contributed by atoms with Gasteiger partial charge in [-0.3, -0.25) is 9.44 Å². The monoisotopic (exact) mass is 595 g/mol. The van der Waals surface area contributed by atoms with Crippen LogP contribution in [0.15, 0.2) is 67.9 Å². The molecular weight excluding hydrogens is 577 g/mol. The van der Waals surface area contributed by atoms with E-state index in [0.717, 1.165) is 36.3 Å². The predicted octanol–water partition coefficient (Wildman–Crippen LogP) is 4.44. The van der Waals surface area contributed by atoms with E-state index in [1.165, 1.54) is 34.6 Å². The third-order valence-corrected chi connectivity index (χ3v) is 11.9. The fraction of sp³-hybridized carbons (Fsp3) is 0.200. The Balaban J connectivity index is 1.64. The van der Waals surface area contributed by atoms with Crippen molar-refractivity contribution in [1.29, 1.82) is 0 Å². The van der Waals surface area contributed by atoms with Crippen molar-refractivity contribution in [3.05, 3.63) is 64.0 Å². The van der Waals surface area contributed by atoms with Crippen LogP contribution in [0.25, 0.3) is 0 Å². The van der Waals surface area contributed by atoms with E-state index in [1.54, 1.807) is 11.4 Å². The number of nitrogens with zero attached hydrogens (tertiary/aromatic N) is 1. The molecule has 3 aromatic rings. The van der Waals surface area contributed by atoms with Gasteiger partial charge in [0.1, 0.15) is 4.21 Å². The normalized spacial score (nSPS) is 15.3. The Kier molecular flexibility index (Phi) is 7.40. The number of thiophene rings is 1. The second-order valence-corrected chi connectivity index (χ2v) is 14.8. The minimum absolute atomic E-state index is 0.00417. The van der Waals surface area contributed by atoms with Crippen LogP contribution in [0.4, 0.5) is 11.4 Å². The molecule has 1 fully saturated rings. The zero-order valence-corrected chi connectivity index (χ0v) is 22.6. The van der Waals surface area contributed by atoms with Crippen molar-refractivity contribution in [3.63, 3.8) is 0 Å². The topological polar surface area (TPSA) is 130 Å². The average Bonchev–Trinajstić information content (AvgIpc) is 3.52. The summed E-state index contributed by atoms with van der Waals surface area (Å²) in [4.78, 5) is -0.242. The quantitative estimate of drug-likeness (QED) is 0.396. The molecule has 0 radical (unpaired) electrons. The molecule has 0 aliphatic carbocycles. The second kappa shape index (κ2) is 9.88. The van der Waals surface area contributed by atoms with Gasteiger partial charge in [0.25, 0.3) is 20.0 Å². The molecule has 35 heavy (non-hydrogen) atoms. The summed E-state index contributed by atoms with van der Waals surface area (Å²) >= 11 is 13.1. The number of hydrogen-bond acceptors (Lipinski definition) is 7. The van der Waals surface area contributed by atoms with Crippen LogP contribution in [0, 0.1) is 0 Å². The second-order valence-electron chi connectivity index (χ2n) is 7.54. The van der Waals surface area contributed by atoms with Gasteiger partial charge in [-0.25, -0.2) is 25.3 Å². The van der Waals surface area contributed by atoms with Crippen molar-refractivity contribution < 1.29 is 25.3 Å². The smallest absolute Gasteiger partial charge is 0.271 e. The minimum Gasteiger partial charge on any atom is -0.277 e. The molecule has 15 heteroatoms. The molecule has 2 heterocycles. The van der Waals surface area contributed by atoms with Gasteiger partial charge in [-0.1, -0.05) is 29.3 Å². The van der Waals surface area contributed by atoms with Crippen LogP contribution in [-0.2, 0) is 30.1 Å². The van der Waals surface area contributed by atoms with Gasteiger partial charge in [0.05, 0.1) is 31.2 Å². The molecule has 2 aromatic carbocycles. The Morgan fingerprint density at radius 3 is 1.77 bits per heavy atom. The summed E-state index contributed by atoms with van der Waals surface area (Å²) in [6.45, 7) is 0.844. The number of benzene rings is 2. The van der Waals surface area contributed by atoms with Crippen molar-refractivity contribution >= 4 is 76.0 Å². The van der Waals surface area contributed by atoms with Crippen molar-refractivity contribution in [2.75, 3.05) is 22.5 Å². The molecule has 0 unspecified atom stereocenters. The van der Waals surface area contributed by atoms with Gasteiger partial charge in [-0.05, 0) is 60.7 Å². The summed E-state index contributed by atoms with van der Waals surface area (Å²) in [5, 5.41) is 1.59. The molecule has 2 N–H and O–H groups in total. The summed E-state index contributed by atoms with van der Waals surface area (Å²) < 4.78 is 82.8. The maximum Gasteiger partial charge on any atom is 0.271 e. The molecule has 188 valence electrons. The molecule has 0 amide bonds. The van der Waals surface area contributed by atoms with Crippen LogP contribution in [0.1, 0.15) is 12.8 Å². The summed E-state index contributed by atoms with van der Waals surface area (Å²) in [5.41, 5.74) is -0.294. The zero-order valence-electron chi connectivity index (χ0n) is 17.8. The SMILES string of the molecule is O=S(=O)(Nc1cc(Cl)c(Cl)cc1NS(=O)(=O)c1cccs1)c1ccc(S(=O)(=O)N2CCCC2)cc1. The minimum atomic E-state index is -4.25. The lowest BCUT2D eigenvalue weighted by molar-refractivity contribution is 0.477. The van der Waals surface area contributed by atoms with Crippen LogP contribution < -0.4 is 9.44 Å². The predicted molar refractivity (Wildman–Crippen MR) is 137 cm³/mol. The van der Waals surface area contributed by atoms with Gasteiger partial charge >= 0.3 is 0 Å². The molecule has 0 saturated carbocycles. The zero-order chi connectivity index (χ0) is 25.4. The summed E-state index contributed by atoms with van der Waals surface area (Å²) in [7, 11) is -12.0. The first-order chi connectivity index (χ1) is 16.4. The van der Waals surface area contributed by atoms with Crippen LogP contribution in [-0.4, -0.2) is 42.6 Å². The van der Waals surface area contributed by atoms with Crippen LogP contribution in [0.2, 0.25) is 10.0 Å². The largest absolute Gasteiger partial charge is 0.277 e. The summed E-state index contributed by atoms with van der Waals surface area (Å²) in [6.07, 6.45) is 1.55. The van der Waals surface area contributed by atoms with E-state index in [2.05, 4.69) is 9.44 Å². The first-order valence-corrected chi connectivity index (χ1v) is 16.1. The highest BCUT2D eigenvalue weighted by Gasteiger charge is 2.28. The molecule has 0 bridgehead atoms. The molecule has 1 aromatic heterocycles. The average molecular weight is 597 g/mol. The number of hydrogen-bond donors (Lipinski definition) is 2. The first kappa shape index (κ1) is 26.2. The molecule has 0 spiro atoms. The maximum atomic E-state index is 13.0. The van der Waals surface area contributed by atoms with Gasteiger partial charge in [-0.15, -0.1) is 11.3 Å². The van der Waals surface area contributed by atoms with E-state index in [-0.39, 0.29) is 35.4 Å². The molecule has 1 aliphatic heterocycles. The lowest BCUT2D eigenvalue weighted by atomic mass is 10.3. The standard InChI is InChI=1S/C20H19Cl2N3O6S4/c21-16-12-18(19(13-17(16)22)24-34(28,29)20-4-3-11-32-20)23-33(26,27)14-5-7-15(8-6-14)35(30,31)25-9-1-2-10-25/h3-8,11-13,23-24H,1-2,9-10H2. The van der Waals surface area contributed by atoms with Crippen molar-refractivity contribution in [2.45, 2.75) is 26.8 Å². The fourth-order valence-corrected chi connectivity index (χ4v) is 8.38. The van der Waals surface area contributed by atoms with Crippen LogP contribution in [0.5, 0.6) is 0 Å². The van der Waals surface area contributed by atoms with Gasteiger partial charge in [0, 0.05) is 13.1 Å². The highest BCUT2D eigenvalue weighted by molar-refractivity contribution is 7.94. The van der Waals surface area contributed by atoms with Crippen molar-refractivity contribution in [1.82, 2.24) is 4.31 Å². The number of anilines is 2. The van der Waals surface area contributed by atoms with Crippen molar-refractivity contribution in [2.24, 2.45) is 0 Å². The van der Waals surface area contributed by atoms with E-state index in [4.69, 9.17) is 23.2 Å². The van der Waals surface area contributed by atoms with Gasteiger partial charge in [-0.2, -0.15) is 4.31 Å². The molecular formula is C20H19Cl2N3O6S4. The maximum absolute atomic E-state index is 13.0. The van der Waals surface area contributed by atoms with E-state index < -0.39 is 30.1 Å². The number of halogens is 2.